The molecule has 0 aromatic heterocycles. The number of methoxy groups -OCH3 is 1. The molecule has 0 fully saturated rings. The third kappa shape index (κ3) is 5.02. The highest BCUT2D eigenvalue weighted by molar-refractivity contribution is 7.89. The first-order valence-corrected chi connectivity index (χ1v) is 9.25. The van der Waals surface area contributed by atoms with Gasteiger partial charge in [0.25, 0.3) is 5.91 Å². The normalized spacial score (nSPS) is 12.2. The van der Waals surface area contributed by atoms with Gasteiger partial charge in [0.05, 0.1) is 12.0 Å². The van der Waals surface area contributed by atoms with Crippen molar-refractivity contribution >= 4 is 27.6 Å². The maximum atomic E-state index is 13.2. The molecule has 28 heavy (non-hydrogen) atoms. The average molecular weight is 414 g/mol. The number of rotatable bonds is 6. The standard InChI is InChI=1S/C17H16F2N2O6S/c1-9(16(22)21-10-3-5-13(18)14(19)7-10)27-17(23)12-8-11(28(20,24)25)4-6-15(12)26-2/h3-9H,1-2H3,(H,21,22)(H2,20,24,25)/t9-/m0/s1. The Balaban J connectivity index is 2.17. The lowest BCUT2D eigenvalue weighted by atomic mass is 10.2. The van der Waals surface area contributed by atoms with Crippen LogP contribution in [0.2, 0.25) is 0 Å². The van der Waals surface area contributed by atoms with Crippen LogP contribution in [0.5, 0.6) is 5.75 Å². The lowest BCUT2D eigenvalue weighted by Crippen LogP contribution is -2.30. The lowest BCUT2D eigenvalue weighted by Gasteiger charge is -2.15. The van der Waals surface area contributed by atoms with Crippen molar-refractivity contribution in [3.05, 3.63) is 53.6 Å². The lowest BCUT2D eigenvalue weighted by molar-refractivity contribution is -0.123. The number of anilines is 1. The van der Waals surface area contributed by atoms with Gasteiger partial charge in [-0.25, -0.2) is 27.1 Å². The first-order chi connectivity index (χ1) is 13.0. The molecule has 0 bridgehead atoms. The summed E-state index contributed by atoms with van der Waals surface area (Å²) in [6.45, 7) is 1.24. The molecule has 2 rings (SSSR count). The Kier molecular flexibility index (Phi) is 6.31. The van der Waals surface area contributed by atoms with Gasteiger partial charge in [-0.2, -0.15) is 0 Å². The van der Waals surface area contributed by atoms with E-state index in [9.17, 15) is 26.8 Å². The molecule has 0 heterocycles. The van der Waals surface area contributed by atoms with E-state index in [1.54, 1.807) is 0 Å². The van der Waals surface area contributed by atoms with Gasteiger partial charge in [0.2, 0.25) is 10.0 Å². The van der Waals surface area contributed by atoms with Crippen LogP contribution in [0.1, 0.15) is 17.3 Å². The zero-order chi connectivity index (χ0) is 21.1. The number of nitrogens with one attached hydrogen (secondary N) is 1. The molecule has 0 spiro atoms. The van der Waals surface area contributed by atoms with Gasteiger partial charge in [0.15, 0.2) is 17.7 Å². The zero-order valence-corrected chi connectivity index (χ0v) is 15.5. The first kappa shape index (κ1) is 21.3. The molecular formula is C17H16F2N2O6S. The van der Waals surface area contributed by atoms with Crippen LogP contribution in [0.3, 0.4) is 0 Å². The molecule has 1 amide bonds. The molecule has 0 saturated carbocycles. The fourth-order valence-electron chi connectivity index (χ4n) is 2.12. The number of benzene rings is 2. The number of sulfonamides is 1. The van der Waals surface area contributed by atoms with E-state index in [4.69, 9.17) is 14.6 Å². The third-order valence-corrected chi connectivity index (χ3v) is 4.47. The van der Waals surface area contributed by atoms with E-state index in [0.29, 0.717) is 0 Å². The van der Waals surface area contributed by atoms with E-state index in [-0.39, 0.29) is 21.9 Å². The Labute approximate surface area is 159 Å². The van der Waals surface area contributed by atoms with Crippen LogP contribution in [0.15, 0.2) is 41.3 Å². The summed E-state index contributed by atoms with van der Waals surface area (Å²) in [4.78, 5) is 24.1. The molecule has 0 unspecified atom stereocenters. The Bertz CT molecular complexity index is 1030. The fraction of sp³-hybridized carbons (Fsp3) is 0.176. The minimum absolute atomic E-state index is 0.00520. The van der Waals surface area contributed by atoms with Crippen LogP contribution in [0.4, 0.5) is 14.5 Å². The predicted molar refractivity (Wildman–Crippen MR) is 94.2 cm³/mol. The van der Waals surface area contributed by atoms with E-state index in [1.807, 2.05) is 0 Å². The molecule has 8 nitrogen and oxygen atoms in total. The number of ether oxygens (including phenoxy) is 2. The molecule has 0 saturated heterocycles. The van der Waals surface area contributed by atoms with E-state index >= 15 is 0 Å². The molecule has 0 aliphatic carbocycles. The summed E-state index contributed by atoms with van der Waals surface area (Å²) in [6.07, 6.45) is -1.34. The van der Waals surface area contributed by atoms with Crippen LogP contribution in [-0.4, -0.2) is 33.5 Å². The van der Waals surface area contributed by atoms with Crippen molar-refractivity contribution in [2.24, 2.45) is 5.14 Å². The quantitative estimate of drug-likeness (QED) is 0.695. The number of carbonyl (C=O) groups is 2. The van der Waals surface area contributed by atoms with Gasteiger partial charge in [0.1, 0.15) is 11.3 Å². The summed E-state index contributed by atoms with van der Waals surface area (Å²) in [7, 11) is -2.83. The van der Waals surface area contributed by atoms with Crippen molar-refractivity contribution in [2.45, 2.75) is 17.9 Å². The van der Waals surface area contributed by atoms with E-state index in [1.165, 1.54) is 20.1 Å². The van der Waals surface area contributed by atoms with Crippen molar-refractivity contribution in [1.82, 2.24) is 0 Å². The van der Waals surface area contributed by atoms with Gasteiger partial charge in [-0.1, -0.05) is 0 Å². The number of hydrogen-bond donors (Lipinski definition) is 2. The zero-order valence-electron chi connectivity index (χ0n) is 14.7. The van der Waals surface area contributed by atoms with E-state index < -0.39 is 39.6 Å². The fourth-order valence-corrected chi connectivity index (χ4v) is 2.66. The smallest absolute Gasteiger partial charge is 0.342 e. The summed E-state index contributed by atoms with van der Waals surface area (Å²) in [5.74, 6) is -4.10. The van der Waals surface area contributed by atoms with Crippen molar-refractivity contribution in [3.63, 3.8) is 0 Å². The van der Waals surface area contributed by atoms with Crippen LogP contribution < -0.4 is 15.2 Å². The van der Waals surface area contributed by atoms with E-state index in [2.05, 4.69) is 5.32 Å². The van der Waals surface area contributed by atoms with Gasteiger partial charge in [-0.15, -0.1) is 0 Å². The molecule has 0 aliphatic heterocycles. The molecule has 2 aromatic carbocycles. The number of carbonyl (C=O) groups excluding carboxylic acids is 2. The number of primary sulfonamides is 1. The molecule has 2 aromatic rings. The highest BCUT2D eigenvalue weighted by Crippen LogP contribution is 2.23. The summed E-state index contributed by atoms with van der Waals surface area (Å²) in [5.41, 5.74) is -0.304. The van der Waals surface area contributed by atoms with Crippen molar-refractivity contribution in [3.8, 4) is 5.75 Å². The summed E-state index contributed by atoms with van der Waals surface area (Å²) in [5, 5.41) is 7.29. The molecule has 0 aliphatic rings. The second kappa shape index (κ2) is 8.31. The Morgan fingerprint density at radius 3 is 2.36 bits per heavy atom. The number of halogens is 2. The van der Waals surface area contributed by atoms with Crippen LogP contribution in [0, 0.1) is 11.6 Å². The van der Waals surface area contributed by atoms with Crippen LogP contribution in [0.25, 0.3) is 0 Å². The number of esters is 1. The van der Waals surface area contributed by atoms with E-state index in [0.717, 1.165) is 30.3 Å². The van der Waals surface area contributed by atoms with Gasteiger partial charge < -0.3 is 14.8 Å². The Morgan fingerprint density at radius 2 is 1.79 bits per heavy atom. The monoisotopic (exact) mass is 414 g/mol. The third-order valence-electron chi connectivity index (χ3n) is 3.56. The van der Waals surface area contributed by atoms with Gasteiger partial charge >= 0.3 is 5.97 Å². The summed E-state index contributed by atoms with van der Waals surface area (Å²) < 4.78 is 59.0. The second-order valence-electron chi connectivity index (χ2n) is 5.57. The molecule has 3 N–H and O–H groups in total. The Hall–Kier alpha value is -3.05. The van der Waals surface area contributed by atoms with Gasteiger partial charge in [-0.3, -0.25) is 4.79 Å². The predicted octanol–water partition coefficient (Wildman–Crippen LogP) is 1.80. The topological polar surface area (TPSA) is 125 Å². The van der Waals surface area contributed by atoms with Crippen molar-refractivity contribution < 1.29 is 36.3 Å². The highest BCUT2D eigenvalue weighted by atomic mass is 32.2. The maximum Gasteiger partial charge on any atom is 0.342 e. The van der Waals surface area contributed by atoms with Gasteiger partial charge in [-0.05, 0) is 37.3 Å². The molecule has 11 heteroatoms. The minimum Gasteiger partial charge on any atom is -0.496 e. The largest absolute Gasteiger partial charge is 0.496 e. The molecule has 1 atom stereocenters. The number of hydrogen-bond acceptors (Lipinski definition) is 6. The Morgan fingerprint density at radius 1 is 1.11 bits per heavy atom. The summed E-state index contributed by atoms with van der Waals surface area (Å²) in [6, 6.07) is 6.03. The SMILES string of the molecule is COc1ccc(S(N)(=O)=O)cc1C(=O)O[C@@H](C)C(=O)Nc1ccc(F)c(F)c1. The van der Waals surface area contributed by atoms with Crippen LogP contribution >= 0.6 is 0 Å². The first-order valence-electron chi connectivity index (χ1n) is 7.70. The number of nitrogens with two attached hydrogens (primary N) is 1. The summed E-state index contributed by atoms with van der Waals surface area (Å²) >= 11 is 0. The second-order valence-corrected chi connectivity index (χ2v) is 7.13. The molecule has 150 valence electrons. The average Bonchev–Trinajstić information content (AvgIpc) is 2.63. The molecule has 0 radical (unpaired) electrons. The number of amides is 1. The van der Waals surface area contributed by atoms with Crippen LogP contribution in [-0.2, 0) is 19.6 Å². The molecular weight excluding hydrogens is 398 g/mol. The highest BCUT2D eigenvalue weighted by Gasteiger charge is 2.23. The van der Waals surface area contributed by atoms with Crippen molar-refractivity contribution in [1.29, 1.82) is 0 Å². The maximum absolute atomic E-state index is 13.2. The minimum atomic E-state index is -4.09. The van der Waals surface area contributed by atoms with Gasteiger partial charge in [0, 0.05) is 11.8 Å². The van der Waals surface area contributed by atoms with Crippen molar-refractivity contribution in [2.75, 3.05) is 12.4 Å².